The third-order valence-corrected chi connectivity index (χ3v) is 2.85. The first-order valence-corrected chi connectivity index (χ1v) is 6.73. The standard InChI is InChI=1S/C16H22N2O2/c1-4-20-11-10-18(3)16(19)15-12-13(2)7-8-14(15)6-5-9-17/h7-8,12H,4,9-11,17H2,1-3H3. The van der Waals surface area contributed by atoms with E-state index in [1.807, 2.05) is 32.0 Å². The van der Waals surface area contributed by atoms with Gasteiger partial charge in [0, 0.05) is 25.8 Å². The quantitative estimate of drug-likeness (QED) is 0.652. The summed E-state index contributed by atoms with van der Waals surface area (Å²) >= 11 is 0. The first-order chi connectivity index (χ1) is 9.60. The van der Waals surface area contributed by atoms with Crippen molar-refractivity contribution in [3.8, 4) is 11.8 Å². The summed E-state index contributed by atoms with van der Waals surface area (Å²) in [5, 5.41) is 0. The molecule has 0 atom stereocenters. The molecule has 0 aromatic heterocycles. The predicted molar refractivity (Wildman–Crippen MR) is 80.6 cm³/mol. The van der Waals surface area contributed by atoms with Gasteiger partial charge in [-0.3, -0.25) is 4.79 Å². The first-order valence-electron chi connectivity index (χ1n) is 6.73. The molecule has 4 nitrogen and oxygen atoms in total. The minimum absolute atomic E-state index is 0.0466. The van der Waals surface area contributed by atoms with E-state index in [4.69, 9.17) is 10.5 Å². The van der Waals surface area contributed by atoms with Crippen molar-refractivity contribution in [2.75, 3.05) is 33.4 Å². The average Bonchev–Trinajstić information content (AvgIpc) is 2.45. The van der Waals surface area contributed by atoms with Gasteiger partial charge in [0.05, 0.1) is 18.7 Å². The Morgan fingerprint density at radius 2 is 2.20 bits per heavy atom. The molecule has 0 saturated heterocycles. The summed E-state index contributed by atoms with van der Waals surface area (Å²) in [4.78, 5) is 14.1. The van der Waals surface area contributed by atoms with Gasteiger partial charge in [-0.1, -0.05) is 23.5 Å². The highest BCUT2D eigenvalue weighted by Crippen LogP contribution is 2.13. The molecule has 1 amide bonds. The molecular formula is C16H22N2O2. The Hall–Kier alpha value is -1.83. The van der Waals surface area contributed by atoms with Crippen LogP contribution < -0.4 is 5.73 Å². The molecule has 0 fully saturated rings. The second-order valence-corrected chi connectivity index (χ2v) is 4.48. The smallest absolute Gasteiger partial charge is 0.254 e. The van der Waals surface area contributed by atoms with Crippen molar-refractivity contribution in [2.45, 2.75) is 13.8 Å². The molecule has 0 heterocycles. The van der Waals surface area contributed by atoms with Crippen LogP contribution in [0, 0.1) is 18.8 Å². The number of amides is 1. The van der Waals surface area contributed by atoms with Gasteiger partial charge in [-0.25, -0.2) is 0 Å². The van der Waals surface area contributed by atoms with Gasteiger partial charge in [0.25, 0.3) is 5.91 Å². The molecule has 0 radical (unpaired) electrons. The van der Waals surface area contributed by atoms with Crippen LogP contribution in [0.3, 0.4) is 0 Å². The number of hydrogen-bond acceptors (Lipinski definition) is 3. The van der Waals surface area contributed by atoms with Crippen LogP contribution in [0.1, 0.15) is 28.4 Å². The lowest BCUT2D eigenvalue weighted by molar-refractivity contribution is 0.0709. The number of nitrogens with two attached hydrogens (primary N) is 1. The van der Waals surface area contributed by atoms with Crippen LogP contribution >= 0.6 is 0 Å². The first kappa shape index (κ1) is 16.2. The summed E-state index contributed by atoms with van der Waals surface area (Å²) < 4.78 is 5.27. The molecule has 1 rings (SSSR count). The molecule has 0 saturated carbocycles. The van der Waals surface area contributed by atoms with E-state index < -0.39 is 0 Å². The normalized spacial score (nSPS) is 9.80. The molecular weight excluding hydrogens is 252 g/mol. The number of carbonyl (C=O) groups excluding carboxylic acids is 1. The third-order valence-electron chi connectivity index (χ3n) is 2.85. The van der Waals surface area contributed by atoms with Crippen LogP contribution in [0.15, 0.2) is 18.2 Å². The second-order valence-electron chi connectivity index (χ2n) is 4.48. The van der Waals surface area contributed by atoms with Crippen molar-refractivity contribution in [1.82, 2.24) is 4.90 Å². The highest BCUT2D eigenvalue weighted by atomic mass is 16.5. The fourth-order valence-corrected chi connectivity index (χ4v) is 1.74. The maximum atomic E-state index is 12.4. The third kappa shape index (κ3) is 4.69. The summed E-state index contributed by atoms with van der Waals surface area (Å²) in [7, 11) is 1.77. The molecule has 2 N–H and O–H groups in total. The monoisotopic (exact) mass is 274 g/mol. The zero-order valence-corrected chi connectivity index (χ0v) is 12.4. The fourth-order valence-electron chi connectivity index (χ4n) is 1.74. The number of aryl methyl sites for hydroxylation is 1. The van der Waals surface area contributed by atoms with Gasteiger partial charge in [-0.2, -0.15) is 0 Å². The molecule has 1 aromatic rings. The topological polar surface area (TPSA) is 55.6 Å². The van der Waals surface area contributed by atoms with Crippen LogP contribution in [0.4, 0.5) is 0 Å². The zero-order valence-electron chi connectivity index (χ0n) is 12.4. The Morgan fingerprint density at radius 3 is 2.85 bits per heavy atom. The van der Waals surface area contributed by atoms with Crippen molar-refractivity contribution in [1.29, 1.82) is 0 Å². The molecule has 0 aliphatic carbocycles. The van der Waals surface area contributed by atoms with Gasteiger partial charge >= 0.3 is 0 Å². The Balaban J connectivity index is 2.92. The van der Waals surface area contributed by atoms with E-state index >= 15 is 0 Å². The number of nitrogens with zero attached hydrogens (tertiary/aromatic N) is 1. The number of benzene rings is 1. The number of likely N-dealkylation sites (N-methyl/N-ethyl adjacent to an activating group) is 1. The van der Waals surface area contributed by atoms with Gasteiger partial charge in [0.15, 0.2) is 0 Å². The number of hydrogen-bond donors (Lipinski definition) is 1. The van der Waals surface area contributed by atoms with Crippen LogP contribution in [-0.4, -0.2) is 44.2 Å². The molecule has 0 spiro atoms. The molecule has 108 valence electrons. The van der Waals surface area contributed by atoms with Gasteiger partial charge in [0.1, 0.15) is 0 Å². The fraction of sp³-hybridized carbons (Fsp3) is 0.438. The van der Waals surface area contributed by atoms with Crippen LogP contribution in [0.2, 0.25) is 0 Å². The van der Waals surface area contributed by atoms with Gasteiger partial charge < -0.3 is 15.4 Å². The molecule has 0 aliphatic rings. The van der Waals surface area contributed by atoms with Crippen molar-refractivity contribution < 1.29 is 9.53 Å². The summed E-state index contributed by atoms with van der Waals surface area (Å²) in [5.74, 6) is 5.70. The minimum atomic E-state index is -0.0466. The van der Waals surface area contributed by atoms with Crippen LogP contribution in [-0.2, 0) is 4.74 Å². The maximum Gasteiger partial charge on any atom is 0.254 e. The van der Waals surface area contributed by atoms with E-state index in [1.54, 1.807) is 11.9 Å². The maximum absolute atomic E-state index is 12.4. The Kier molecular flexibility index (Phi) is 6.78. The van der Waals surface area contributed by atoms with E-state index in [-0.39, 0.29) is 12.5 Å². The number of rotatable bonds is 5. The lowest BCUT2D eigenvalue weighted by atomic mass is 10.0. The Bertz CT molecular complexity index is 515. The number of ether oxygens (including phenoxy) is 1. The second kappa shape index (κ2) is 8.36. The molecule has 0 unspecified atom stereocenters. The van der Waals surface area contributed by atoms with E-state index in [1.165, 1.54) is 0 Å². The molecule has 0 bridgehead atoms. The number of carbonyl (C=O) groups is 1. The Labute approximate surface area is 120 Å². The zero-order chi connectivity index (χ0) is 15.0. The molecule has 4 heteroatoms. The van der Waals surface area contributed by atoms with Gasteiger partial charge in [0.2, 0.25) is 0 Å². The van der Waals surface area contributed by atoms with Crippen molar-refractivity contribution in [3.05, 3.63) is 34.9 Å². The van der Waals surface area contributed by atoms with Crippen molar-refractivity contribution in [3.63, 3.8) is 0 Å². The van der Waals surface area contributed by atoms with Gasteiger partial charge in [-0.05, 0) is 26.0 Å². The van der Waals surface area contributed by atoms with Crippen molar-refractivity contribution >= 4 is 5.91 Å². The van der Waals surface area contributed by atoms with Gasteiger partial charge in [-0.15, -0.1) is 0 Å². The van der Waals surface area contributed by atoms with E-state index in [2.05, 4.69) is 11.8 Å². The highest BCUT2D eigenvalue weighted by Gasteiger charge is 2.15. The minimum Gasteiger partial charge on any atom is -0.380 e. The molecule has 0 aliphatic heterocycles. The van der Waals surface area contributed by atoms with Crippen LogP contribution in [0.25, 0.3) is 0 Å². The lowest BCUT2D eigenvalue weighted by Crippen LogP contribution is -2.30. The van der Waals surface area contributed by atoms with Crippen molar-refractivity contribution in [2.24, 2.45) is 5.73 Å². The van der Waals surface area contributed by atoms with E-state index in [9.17, 15) is 4.79 Å². The summed E-state index contributed by atoms with van der Waals surface area (Å²) in [6.07, 6.45) is 0. The summed E-state index contributed by atoms with van der Waals surface area (Å²) in [6.45, 7) is 5.92. The van der Waals surface area contributed by atoms with E-state index in [0.717, 1.165) is 5.56 Å². The average molecular weight is 274 g/mol. The van der Waals surface area contributed by atoms with Crippen LogP contribution in [0.5, 0.6) is 0 Å². The van der Waals surface area contributed by atoms with E-state index in [0.29, 0.717) is 30.9 Å². The largest absolute Gasteiger partial charge is 0.380 e. The summed E-state index contributed by atoms with van der Waals surface area (Å²) in [6, 6.07) is 5.67. The SMILES string of the molecule is CCOCCN(C)C(=O)c1cc(C)ccc1C#CCN. The molecule has 1 aromatic carbocycles. The predicted octanol–water partition coefficient (Wildman–Crippen LogP) is 1.41. The highest BCUT2D eigenvalue weighted by molar-refractivity contribution is 5.96. The Morgan fingerprint density at radius 1 is 1.45 bits per heavy atom. The lowest BCUT2D eigenvalue weighted by Gasteiger charge is -2.18. The summed E-state index contributed by atoms with van der Waals surface area (Å²) in [5.41, 5.74) is 7.75. The molecule has 20 heavy (non-hydrogen) atoms.